The summed E-state index contributed by atoms with van der Waals surface area (Å²) < 4.78 is 7.19. The molecule has 0 saturated carbocycles. The van der Waals surface area contributed by atoms with Crippen molar-refractivity contribution >= 4 is 71.1 Å². The van der Waals surface area contributed by atoms with Crippen molar-refractivity contribution in [2.75, 3.05) is 4.90 Å². The Bertz CT molecular complexity index is 4200. The van der Waals surface area contributed by atoms with Crippen LogP contribution in [0.2, 0.25) is 0 Å². The van der Waals surface area contributed by atoms with E-state index in [1.54, 1.807) is 0 Å². The lowest BCUT2D eigenvalue weighted by Crippen LogP contribution is -2.31. The molecule has 13 rings (SSSR count). The van der Waals surface area contributed by atoms with Gasteiger partial charge in [0.15, 0.2) is 0 Å². The van der Waals surface area contributed by atoms with Crippen LogP contribution in [0.25, 0.3) is 99.6 Å². The van der Waals surface area contributed by atoms with E-state index in [-0.39, 0.29) is 6.04 Å². The Morgan fingerprint density at radius 2 is 1.17 bits per heavy atom. The van der Waals surface area contributed by atoms with Gasteiger partial charge in [0.25, 0.3) is 0 Å². The average molecular weight is 927 g/mol. The Hall–Kier alpha value is -9.26. The van der Waals surface area contributed by atoms with Gasteiger partial charge in [0.1, 0.15) is 11.6 Å². The Labute approximate surface area is 418 Å². The van der Waals surface area contributed by atoms with E-state index >= 15 is 0 Å². The fourth-order valence-electron chi connectivity index (χ4n) is 11.1. The van der Waals surface area contributed by atoms with Crippen LogP contribution < -0.4 is 4.90 Å². The molecule has 7 aromatic carbocycles. The molecule has 1 aliphatic rings. The predicted molar refractivity (Wildman–Crippen MR) is 302 cm³/mol. The number of anilines is 1. The highest BCUT2D eigenvalue weighted by Gasteiger charge is 2.25. The van der Waals surface area contributed by atoms with Gasteiger partial charge >= 0.3 is 0 Å². The number of rotatable bonds is 9. The van der Waals surface area contributed by atoms with Crippen molar-refractivity contribution in [2.45, 2.75) is 25.9 Å². The molecule has 72 heavy (non-hydrogen) atoms. The van der Waals surface area contributed by atoms with Crippen LogP contribution in [0.3, 0.4) is 0 Å². The molecule has 0 fully saturated rings. The Morgan fingerprint density at radius 3 is 1.86 bits per heavy atom. The molecule has 1 aliphatic heterocycles. The topological polar surface area (TPSA) is 43.8 Å². The minimum Gasteiger partial charge on any atom is -0.336 e. The van der Waals surface area contributed by atoms with Gasteiger partial charge in [-0.2, -0.15) is 0 Å². The summed E-state index contributed by atoms with van der Waals surface area (Å²) in [5.41, 5.74) is 14.4. The molecule has 0 amide bonds. The Balaban J connectivity index is 0.992. The fourth-order valence-corrected chi connectivity index (χ4v) is 11.1. The maximum Gasteiger partial charge on any atom is 0.138 e. The second-order valence-corrected chi connectivity index (χ2v) is 18.5. The van der Waals surface area contributed by atoms with Crippen LogP contribution in [0.1, 0.15) is 12.5 Å². The van der Waals surface area contributed by atoms with E-state index in [0.717, 1.165) is 73.9 Å². The van der Waals surface area contributed by atoms with E-state index in [4.69, 9.17) is 9.97 Å². The first kappa shape index (κ1) is 42.8. The van der Waals surface area contributed by atoms with Crippen molar-refractivity contribution in [3.63, 3.8) is 0 Å². The molecule has 1 unspecified atom stereocenters. The van der Waals surface area contributed by atoms with Crippen molar-refractivity contribution in [2.24, 2.45) is 0 Å². The van der Waals surface area contributed by atoms with Crippen molar-refractivity contribution in [1.82, 2.24) is 23.7 Å². The van der Waals surface area contributed by atoms with Gasteiger partial charge in [0, 0.05) is 72.9 Å². The van der Waals surface area contributed by atoms with Crippen LogP contribution in [0.4, 0.5) is 5.69 Å². The number of allylic oxidation sites excluding steroid dienone is 7. The number of hydrogen-bond acceptors (Lipinski definition) is 3. The third kappa shape index (κ3) is 7.18. The van der Waals surface area contributed by atoms with Gasteiger partial charge in [-0.3, -0.25) is 9.13 Å². The molecule has 0 radical (unpaired) electrons. The highest BCUT2D eigenvalue weighted by molar-refractivity contribution is 6.25. The summed E-state index contributed by atoms with van der Waals surface area (Å²) >= 11 is 0. The maximum absolute atomic E-state index is 5.34. The van der Waals surface area contributed by atoms with Gasteiger partial charge < -0.3 is 9.47 Å². The van der Waals surface area contributed by atoms with E-state index in [9.17, 15) is 0 Å². The first-order valence-electron chi connectivity index (χ1n) is 24.8. The van der Waals surface area contributed by atoms with Gasteiger partial charge in [-0.1, -0.05) is 176 Å². The molecule has 0 aliphatic carbocycles. The zero-order valence-corrected chi connectivity index (χ0v) is 40.0. The number of aromatic nitrogens is 5. The molecule has 0 spiro atoms. The minimum absolute atomic E-state index is 0.00914. The zero-order valence-electron chi connectivity index (χ0n) is 40.0. The molecule has 0 bridgehead atoms. The van der Waals surface area contributed by atoms with Crippen molar-refractivity contribution in [3.8, 4) is 34.2 Å². The third-order valence-corrected chi connectivity index (χ3v) is 14.3. The summed E-state index contributed by atoms with van der Waals surface area (Å²) in [7, 11) is 0. The normalized spacial score (nSPS) is 15.2. The van der Waals surface area contributed by atoms with Crippen LogP contribution in [0.5, 0.6) is 0 Å². The first-order chi connectivity index (χ1) is 35.6. The van der Waals surface area contributed by atoms with Gasteiger partial charge in [-0.15, -0.1) is 0 Å². The Kier molecular flexibility index (Phi) is 10.7. The van der Waals surface area contributed by atoms with E-state index in [1.165, 1.54) is 49.1 Å². The van der Waals surface area contributed by atoms with Crippen LogP contribution in [0.15, 0.2) is 255 Å². The molecule has 12 aromatic rings. The molecule has 6 nitrogen and oxygen atoms in total. The van der Waals surface area contributed by atoms with Gasteiger partial charge in [0.05, 0.1) is 39.0 Å². The molecule has 6 heteroatoms. The highest BCUT2D eigenvalue weighted by Crippen LogP contribution is 2.43. The molecular formula is C66H50N6. The van der Waals surface area contributed by atoms with E-state index in [2.05, 4.69) is 263 Å². The van der Waals surface area contributed by atoms with Gasteiger partial charge in [0.2, 0.25) is 0 Å². The molecular weight excluding hydrogens is 877 g/mol. The van der Waals surface area contributed by atoms with E-state index in [0.29, 0.717) is 6.54 Å². The van der Waals surface area contributed by atoms with Crippen LogP contribution in [0, 0.1) is 0 Å². The molecule has 344 valence electrons. The maximum atomic E-state index is 5.34. The quantitative estimate of drug-likeness (QED) is 0.136. The molecule has 1 atom stereocenters. The number of nitrogens with zero attached hydrogens (tertiary/aromatic N) is 6. The van der Waals surface area contributed by atoms with Crippen LogP contribution >= 0.6 is 0 Å². The fraction of sp³-hybridized carbons (Fsp3) is 0.0606. The molecule has 5 aromatic heterocycles. The smallest absolute Gasteiger partial charge is 0.138 e. The lowest BCUT2D eigenvalue weighted by Gasteiger charge is -2.33. The van der Waals surface area contributed by atoms with Crippen LogP contribution in [-0.2, 0) is 13.0 Å². The molecule has 0 N–H and O–H groups in total. The van der Waals surface area contributed by atoms with Crippen molar-refractivity contribution < 1.29 is 0 Å². The highest BCUT2D eigenvalue weighted by atomic mass is 15.2. The number of pyridine rings is 2. The minimum atomic E-state index is 0.00914. The van der Waals surface area contributed by atoms with Gasteiger partial charge in [-0.25, -0.2) is 9.97 Å². The number of fused-ring (bicyclic) bond motifs is 11. The monoisotopic (exact) mass is 926 g/mol. The van der Waals surface area contributed by atoms with Crippen molar-refractivity contribution in [3.05, 3.63) is 261 Å². The number of benzene rings is 7. The lowest BCUT2D eigenvalue weighted by atomic mass is 10.0. The first-order valence-corrected chi connectivity index (χ1v) is 24.8. The Morgan fingerprint density at radius 1 is 0.556 bits per heavy atom. The van der Waals surface area contributed by atoms with Crippen LogP contribution in [-0.4, -0.2) is 29.7 Å². The number of para-hydroxylation sites is 3. The third-order valence-electron chi connectivity index (χ3n) is 14.3. The van der Waals surface area contributed by atoms with Gasteiger partial charge in [-0.05, 0) is 91.7 Å². The van der Waals surface area contributed by atoms with Crippen molar-refractivity contribution in [1.29, 1.82) is 0 Å². The summed E-state index contributed by atoms with van der Waals surface area (Å²) in [4.78, 5) is 13.1. The standard InChI is InChI=1S/C66H50N6/c1-3-4-28-49(70-45(2)22-8-5-13-27-48-43-62-54(44-61(48)70)51-30-15-18-35-58(51)71(62)63-37-20-32-55(67-63)46-23-9-6-10-24-46)41-42-69-57-34-17-16-31-53(57)65-60(69)40-39-52-50-29-14-19-36-59(50)72(66(52)65)64-38-21-33-56(68-64)47-25-11-7-12-26-47/h3-26,28-41,43-45H,1,27,42H2,2H3/b13-5-,22-8-,28-4-,49-41+. The molecule has 6 heterocycles. The lowest BCUT2D eigenvalue weighted by molar-refractivity contribution is 0.812. The summed E-state index contributed by atoms with van der Waals surface area (Å²) in [6.45, 7) is 7.05. The summed E-state index contributed by atoms with van der Waals surface area (Å²) in [5.74, 6) is 1.78. The summed E-state index contributed by atoms with van der Waals surface area (Å²) in [6, 6.07) is 69.3. The second kappa shape index (κ2) is 17.9. The summed E-state index contributed by atoms with van der Waals surface area (Å²) in [5, 5.41) is 7.18. The zero-order chi connectivity index (χ0) is 48.1. The summed E-state index contributed by atoms with van der Waals surface area (Å²) in [6.07, 6.45) is 18.2. The predicted octanol–water partition coefficient (Wildman–Crippen LogP) is 16.3. The van der Waals surface area contributed by atoms with E-state index < -0.39 is 0 Å². The molecule has 0 saturated heterocycles. The average Bonchev–Trinajstić information content (AvgIpc) is 4.08. The number of hydrogen-bond donors (Lipinski definition) is 0. The van der Waals surface area contributed by atoms with E-state index in [1.807, 2.05) is 12.1 Å². The second-order valence-electron chi connectivity index (χ2n) is 18.5. The SMILES string of the molecule is C=C/C=C\C(=C/Cn1c2ccccc2c2c1ccc1c3ccccc3n(-c3cccc(-c4ccccc4)n3)c12)N1c2cc3c4ccccc4n(-c4cccc(-c5ccccc5)n4)c3cc2C/C=C\C=C/C1C. The largest absolute Gasteiger partial charge is 0.336 e.